The molecule has 16 heavy (non-hydrogen) atoms. The number of rotatable bonds is 4. The Morgan fingerprint density at radius 3 is 2.75 bits per heavy atom. The van der Waals surface area contributed by atoms with E-state index in [2.05, 4.69) is 24.1 Å². The van der Waals surface area contributed by atoms with Crippen LogP contribution in [0.25, 0.3) is 0 Å². The van der Waals surface area contributed by atoms with Gasteiger partial charge in [-0.05, 0) is 39.2 Å². The van der Waals surface area contributed by atoms with Gasteiger partial charge in [-0.3, -0.25) is 4.79 Å². The van der Waals surface area contributed by atoms with Gasteiger partial charge in [-0.15, -0.1) is 0 Å². The standard InChI is InChI=1S/C12H23N3O/c1-8(2)15-4-3-9(7-15)6-14-12(16)10-5-11(10)13/h8-11H,3-7,13H2,1-2H3,(H,14,16). The maximum atomic E-state index is 11.6. The van der Waals surface area contributed by atoms with E-state index in [1.165, 1.54) is 13.0 Å². The van der Waals surface area contributed by atoms with Crippen LogP contribution in [-0.4, -0.2) is 42.5 Å². The molecule has 3 unspecified atom stereocenters. The highest BCUT2D eigenvalue weighted by Crippen LogP contribution is 2.27. The molecule has 3 N–H and O–H groups in total. The minimum atomic E-state index is 0.0996. The lowest BCUT2D eigenvalue weighted by Crippen LogP contribution is -2.34. The Kier molecular flexibility index (Phi) is 3.50. The predicted octanol–water partition coefficient (Wildman–Crippen LogP) is 0.180. The lowest BCUT2D eigenvalue weighted by molar-refractivity contribution is -0.122. The molecule has 2 aliphatic rings. The van der Waals surface area contributed by atoms with Crippen LogP contribution in [0.5, 0.6) is 0 Å². The molecular formula is C12H23N3O. The average molecular weight is 225 g/mol. The van der Waals surface area contributed by atoms with Crippen molar-refractivity contribution in [3.8, 4) is 0 Å². The molecule has 92 valence electrons. The van der Waals surface area contributed by atoms with Gasteiger partial charge in [0.05, 0.1) is 5.92 Å². The van der Waals surface area contributed by atoms with E-state index < -0.39 is 0 Å². The fourth-order valence-corrected chi connectivity index (χ4v) is 2.39. The number of nitrogens with zero attached hydrogens (tertiary/aromatic N) is 1. The van der Waals surface area contributed by atoms with Crippen molar-refractivity contribution in [2.75, 3.05) is 19.6 Å². The lowest BCUT2D eigenvalue weighted by atomic mass is 10.1. The van der Waals surface area contributed by atoms with Crippen LogP contribution in [-0.2, 0) is 4.79 Å². The number of hydrogen-bond donors (Lipinski definition) is 2. The van der Waals surface area contributed by atoms with Crippen LogP contribution < -0.4 is 11.1 Å². The normalized spacial score (nSPS) is 34.4. The van der Waals surface area contributed by atoms with Crippen molar-refractivity contribution in [1.29, 1.82) is 0 Å². The van der Waals surface area contributed by atoms with Gasteiger partial charge < -0.3 is 16.0 Å². The number of carbonyl (C=O) groups excluding carboxylic acids is 1. The Labute approximate surface area is 97.6 Å². The summed E-state index contributed by atoms with van der Waals surface area (Å²) in [7, 11) is 0. The molecule has 0 radical (unpaired) electrons. The first-order valence-corrected chi connectivity index (χ1v) is 6.35. The van der Waals surface area contributed by atoms with Gasteiger partial charge in [0.15, 0.2) is 0 Å². The summed E-state index contributed by atoms with van der Waals surface area (Å²) in [6.07, 6.45) is 2.07. The molecule has 1 aliphatic carbocycles. The molecule has 1 saturated heterocycles. The molecule has 2 rings (SSSR count). The number of likely N-dealkylation sites (tertiary alicyclic amines) is 1. The fourth-order valence-electron chi connectivity index (χ4n) is 2.39. The van der Waals surface area contributed by atoms with Crippen molar-refractivity contribution in [2.45, 2.75) is 38.8 Å². The maximum Gasteiger partial charge on any atom is 0.224 e. The molecule has 0 aromatic carbocycles. The largest absolute Gasteiger partial charge is 0.355 e. The maximum absolute atomic E-state index is 11.6. The van der Waals surface area contributed by atoms with E-state index in [0.717, 1.165) is 19.5 Å². The smallest absolute Gasteiger partial charge is 0.224 e. The van der Waals surface area contributed by atoms with E-state index in [9.17, 15) is 4.79 Å². The minimum absolute atomic E-state index is 0.0996. The Bertz CT molecular complexity index is 267. The molecule has 0 spiro atoms. The van der Waals surface area contributed by atoms with Crippen molar-refractivity contribution in [3.63, 3.8) is 0 Å². The molecule has 3 atom stereocenters. The third kappa shape index (κ3) is 2.74. The van der Waals surface area contributed by atoms with Gasteiger partial charge in [0.25, 0.3) is 0 Å². The summed E-state index contributed by atoms with van der Waals surface area (Å²) < 4.78 is 0. The first-order valence-electron chi connectivity index (χ1n) is 6.35. The summed E-state index contributed by atoms with van der Waals surface area (Å²) in [5, 5.41) is 3.03. The van der Waals surface area contributed by atoms with Gasteiger partial charge in [-0.2, -0.15) is 0 Å². The molecule has 1 aliphatic heterocycles. The first-order chi connectivity index (χ1) is 7.58. The van der Waals surface area contributed by atoms with Gasteiger partial charge in [0, 0.05) is 25.2 Å². The van der Waals surface area contributed by atoms with Crippen molar-refractivity contribution in [1.82, 2.24) is 10.2 Å². The zero-order chi connectivity index (χ0) is 11.7. The number of carbonyl (C=O) groups is 1. The zero-order valence-corrected chi connectivity index (χ0v) is 10.3. The highest BCUT2D eigenvalue weighted by Gasteiger charge is 2.40. The third-order valence-electron chi connectivity index (χ3n) is 3.79. The Balaban J connectivity index is 1.66. The van der Waals surface area contributed by atoms with Crippen LogP contribution in [0.1, 0.15) is 26.7 Å². The molecule has 4 heteroatoms. The van der Waals surface area contributed by atoms with E-state index in [0.29, 0.717) is 12.0 Å². The second kappa shape index (κ2) is 4.72. The lowest BCUT2D eigenvalue weighted by Gasteiger charge is -2.20. The number of amides is 1. The highest BCUT2D eigenvalue weighted by molar-refractivity contribution is 5.82. The quantitative estimate of drug-likeness (QED) is 0.717. The summed E-state index contributed by atoms with van der Waals surface area (Å²) in [4.78, 5) is 14.1. The highest BCUT2D eigenvalue weighted by atomic mass is 16.2. The van der Waals surface area contributed by atoms with Gasteiger partial charge in [-0.1, -0.05) is 0 Å². The van der Waals surface area contributed by atoms with E-state index in [-0.39, 0.29) is 17.9 Å². The summed E-state index contributed by atoms with van der Waals surface area (Å²) in [5.41, 5.74) is 5.64. The second-order valence-corrected chi connectivity index (χ2v) is 5.49. The summed E-state index contributed by atoms with van der Waals surface area (Å²) in [6, 6.07) is 0.744. The van der Waals surface area contributed by atoms with Crippen molar-refractivity contribution < 1.29 is 4.79 Å². The summed E-state index contributed by atoms with van der Waals surface area (Å²) in [6.45, 7) is 7.56. The zero-order valence-electron chi connectivity index (χ0n) is 10.3. The SMILES string of the molecule is CC(C)N1CCC(CNC(=O)C2CC2N)C1. The Morgan fingerprint density at radius 1 is 1.56 bits per heavy atom. The molecule has 0 aromatic heterocycles. The molecule has 0 aromatic rings. The summed E-state index contributed by atoms with van der Waals surface area (Å²) >= 11 is 0. The fraction of sp³-hybridized carbons (Fsp3) is 0.917. The van der Waals surface area contributed by atoms with Crippen LogP contribution in [0.15, 0.2) is 0 Å². The molecule has 1 amide bonds. The molecule has 4 nitrogen and oxygen atoms in total. The van der Waals surface area contributed by atoms with Gasteiger partial charge in [-0.25, -0.2) is 0 Å². The number of hydrogen-bond acceptors (Lipinski definition) is 3. The van der Waals surface area contributed by atoms with Gasteiger partial charge in [0.1, 0.15) is 0 Å². The van der Waals surface area contributed by atoms with E-state index in [1.54, 1.807) is 0 Å². The Hall–Kier alpha value is -0.610. The Morgan fingerprint density at radius 2 is 2.25 bits per heavy atom. The van der Waals surface area contributed by atoms with Crippen molar-refractivity contribution in [2.24, 2.45) is 17.6 Å². The number of nitrogens with one attached hydrogen (secondary N) is 1. The minimum Gasteiger partial charge on any atom is -0.355 e. The molecule has 2 fully saturated rings. The monoisotopic (exact) mass is 225 g/mol. The topological polar surface area (TPSA) is 58.4 Å². The first kappa shape index (κ1) is 11.9. The van der Waals surface area contributed by atoms with Crippen molar-refractivity contribution >= 4 is 5.91 Å². The van der Waals surface area contributed by atoms with Crippen LogP contribution >= 0.6 is 0 Å². The van der Waals surface area contributed by atoms with Gasteiger partial charge in [0.2, 0.25) is 5.91 Å². The van der Waals surface area contributed by atoms with E-state index in [1.807, 2.05) is 0 Å². The molecular weight excluding hydrogens is 202 g/mol. The predicted molar refractivity (Wildman–Crippen MR) is 63.9 cm³/mol. The van der Waals surface area contributed by atoms with Crippen LogP contribution in [0, 0.1) is 11.8 Å². The van der Waals surface area contributed by atoms with Gasteiger partial charge >= 0.3 is 0 Å². The van der Waals surface area contributed by atoms with Crippen LogP contribution in [0.2, 0.25) is 0 Å². The van der Waals surface area contributed by atoms with Crippen LogP contribution in [0.3, 0.4) is 0 Å². The molecule has 0 bridgehead atoms. The second-order valence-electron chi connectivity index (χ2n) is 5.49. The van der Waals surface area contributed by atoms with E-state index in [4.69, 9.17) is 5.73 Å². The molecule has 1 heterocycles. The molecule has 1 saturated carbocycles. The van der Waals surface area contributed by atoms with E-state index >= 15 is 0 Å². The summed E-state index contributed by atoms with van der Waals surface area (Å²) in [5.74, 6) is 0.888. The van der Waals surface area contributed by atoms with Crippen molar-refractivity contribution in [3.05, 3.63) is 0 Å². The number of nitrogens with two attached hydrogens (primary N) is 1. The third-order valence-corrected chi connectivity index (χ3v) is 3.79. The average Bonchev–Trinajstić information content (AvgIpc) is 2.80. The van der Waals surface area contributed by atoms with Crippen LogP contribution in [0.4, 0.5) is 0 Å².